The minimum absolute atomic E-state index is 0.619. The van der Waals surface area contributed by atoms with Crippen molar-refractivity contribution in [2.24, 2.45) is 0 Å². The molecule has 14 aromatic rings. The van der Waals surface area contributed by atoms with Crippen LogP contribution in [-0.2, 0) is 0 Å². The van der Waals surface area contributed by atoms with Gasteiger partial charge in [-0.25, -0.2) is 15.0 Å². The predicted molar refractivity (Wildman–Crippen MR) is 279 cm³/mol. The number of benzene rings is 11. The zero-order chi connectivity index (χ0) is 43.3. The van der Waals surface area contributed by atoms with Gasteiger partial charge in [-0.2, -0.15) is 0 Å². The van der Waals surface area contributed by atoms with E-state index in [4.69, 9.17) is 15.0 Å². The van der Waals surface area contributed by atoms with Crippen LogP contribution < -0.4 is 0 Å². The van der Waals surface area contributed by atoms with Gasteiger partial charge in [-0.3, -0.25) is 0 Å². The summed E-state index contributed by atoms with van der Waals surface area (Å²) in [7, 11) is 0. The lowest BCUT2D eigenvalue weighted by atomic mass is 9.93. The molecule has 0 atom stereocenters. The highest BCUT2D eigenvalue weighted by Crippen LogP contribution is 2.46. The average molecular weight is 857 g/mol. The lowest BCUT2D eigenvalue weighted by molar-refractivity contribution is 1.08. The number of hydrogen-bond donors (Lipinski definition) is 0. The molecule has 0 bridgehead atoms. The van der Waals surface area contributed by atoms with Crippen molar-refractivity contribution in [2.75, 3.05) is 0 Å². The zero-order valence-electron chi connectivity index (χ0n) is 35.5. The monoisotopic (exact) mass is 856 g/mol. The Kier molecular flexibility index (Phi) is 8.12. The molecule has 5 heteroatoms. The van der Waals surface area contributed by atoms with Crippen LogP contribution in [0.1, 0.15) is 0 Å². The fourth-order valence-electron chi connectivity index (χ4n) is 10.3. The van der Waals surface area contributed by atoms with E-state index < -0.39 is 0 Å². The predicted octanol–water partition coefficient (Wildman–Crippen LogP) is 16.6. The van der Waals surface area contributed by atoms with Crippen LogP contribution in [0.5, 0.6) is 0 Å². The van der Waals surface area contributed by atoms with Crippen LogP contribution in [-0.4, -0.2) is 19.5 Å². The van der Waals surface area contributed by atoms with Crippen molar-refractivity contribution in [1.82, 2.24) is 19.5 Å². The molecular weight excluding hydrogens is 821 g/mol. The highest BCUT2D eigenvalue weighted by Gasteiger charge is 2.22. The van der Waals surface area contributed by atoms with E-state index in [1.165, 1.54) is 68.6 Å². The SMILES string of the molecule is c1ccc(-c2nc(-c3ccc(-n4c5ccccc5c5cc6ccccc6cc54)cc3-c3cccc4sc5cc6ccccc6cc5c34)nc(-c3cccc4c3ccc3ccccc34)n2)cc1. The summed E-state index contributed by atoms with van der Waals surface area (Å²) in [4.78, 5) is 16.1. The first-order valence-electron chi connectivity index (χ1n) is 22.3. The van der Waals surface area contributed by atoms with E-state index in [1.807, 2.05) is 29.5 Å². The molecule has 0 amide bonds. The summed E-state index contributed by atoms with van der Waals surface area (Å²) >= 11 is 1.85. The smallest absolute Gasteiger partial charge is 0.164 e. The van der Waals surface area contributed by atoms with Crippen molar-refractivity contribution in [3.8, 4) is 51.0 Å². The van der Waals surface area contributed by atoms with E-state index in [1.54, 1.807) is 0 Å². The summed E-state index contributed by atoms with van der Waals surface area (Å²) in [5.74, 6) is 1.88. The second-order valence-electron chi connectivity index (χ2n) is 17.1. The van der Waals surface area contributed by atoms with E-state index in [0.717, 1.165) is 49.9 Å². The number of hydrogen-bond acceptors (Lipinski definition) is 4. The molecule has 0 saturated carbocycles. The molecule has 14 rings (SSSR count). The summed E-state index contributed by atoms with van der Waals surface area (Å²) in [6.07, 6.45) is 0. The van der Waals surface area contributed by atoms with Crippen LogP contribution in [0.2, 0.25) is 0 Å². The van der Waals surface area contributed by atoms with E-state index in [0.29, 0.717) is 17.5 Å². The summed E-state index contributed by atoms with van der Waals surface area (Å²) in [6.45, 7) is 0. The van der Waals surface area contributed by atoms with Crippen molar-refractivity contribution >= 4 is 96.4 Å². The molecule has 4 nitrogen and oxygen atoms in total. The Morgan fingerprint density at radius 2 is 0.924 bits per heavy atom. The molecule has 0 radical (unpaired) electrons. The molecule has 0 fully saturated rings. The average Bonchev–Trinajstić information content (AvgIpc) is 3.91. The molecule has 3 aromatic heterocycles. The Balaban J connectivity index is 1.08. The Bertz CT molecular complexity index is 4300. The Labute approximate surface area is 383 Å². The van der Waals surface area contributed by atoms with Gasteiger partial charge in [0.15, 0.2) is 17.5 Å². The fraction of sp³-hybridized carbons (Fsp3) is 0. The molecular formula is C61H36N4S. The highest BCUT2D eigenvalue weighted by molar-refractivity contribution is 7.26. The molecule has 0 aliphatic heterocycles. The first kappa shape index (κ1) is 36.9. The van der Waals surface area contributed by atoms with Crippen LogP contribution in [0, 0.1) is 0 Å². The van der Waals surface area contributed by atoms with Crippen molar-refractivity contribution in [3.63, 3.8) is 0 Å². The van der Waals surface area contributed by atoms with Gasteiger partial charge in [0.25, 0.3) is 0 Å². The maximum atomic E-state index is 5.49. The quantitative estimate of drug-likeness (QED) is 0.162. The van der Waals surface area contributed by atoms with Gasteiger partial charge in [0.2, 0.25) is 0 Å². The second-order valence-corrected chi connectivity index (χ2v) is 18.2. The Morgan fingerprint density at radius 3 is 1.74 bits per heavy atom. The third kappa shape index (κ3) is 5.74. The van der Waals surface area contributed by atoms with Crippen molar-refractivity contribution < 1.29 is 0 Å². The van der Waals surface area contributed by atoms with Gasteiger partial charge in [-0.15, -0.1) is 11.3 Å². The third-order valence-corrected chi connectivity index (χ3v) is 14.5. The minimum atomic E-state index is 0.619. The summed E-state index contributed by atoms with van der Waals surface area (Å²) in [5, 5.41) is 14.5. The maximum absolute atomic E-state index is 5.49. The van der Waals surface area contributed by atoms with Crippen molar-refractivity contribution in [3.05, 3.63) is 218 Å². The molecule has 11 aromatic carbocycles. The third-order valence-electron chi connectivity index (χ3n) is 13.4. The van der Waals surface area contributed by atoms with Gasteiger partial charge in [0, 0.05) is 53.3 Å². The Morgan fingerprint density at radius 1 is 0.303 bits per heavy atom. The molecule has 0 aliphatic rings. The first-order chi connectivity index (χ1) is 32.7. The lowest BCUT2D eigenvalue weighted by Gasteiger charge is -2.17. The van der Waals surface area contributed by atoms with Crippen LogP contribution >= 0.6 is 11.3 Å². The number of thiophene rings is 1. The molecule has 0 saturated heterocycles. The van der Waals surface area contributed by atoms with E-state index in [9.17, 15) is 0 Å². The van der Waals surface area contributed by atoms with Crippen LogP contribution in [0.4, 0.5) is 0 Å². The lowest BCUT2D eigenvalue weighted by Crippen LogP contribution is -2.02. The molecule has 0 N–H and O–H groups in total. The van der Waals surface area contributed by atoms with Crippen LogP contribution in [0.15, 0.2) is 218 Å². The first-order valence-corrected chi connectivity index (χ1v) is 23.2. The minimum Gasteiger partial charge on any atom is -0.309 e. The largest absolute Gasteiger partial charge is 0.309 e. The van der Waals surface area contributed by atoms with Crippen LogP contribution in [0.25, 0.3) is 136 Å². The van der Waals surface area contributed by atoms with Gasteiger partial charge >= 0.3 is 0 Å². The molecule has 0 unspecified atom stereocenters. The number of para-hydroxylation sites is 1. The molecule has 3 heterocycles. The van der Waals surface area contributed by atoms with Gasteiger partial charge in [0.05, 0.1) is 11.0 Å². The van der Waals surface area contributed by atoms with E-state index >= 15 is 0 Å². The molecule has 0 spiro atoms. The summed E-state index contributed by atoms with van der Waals surface area (Å²) < 4.78 is 4.93. The summed E-state index contributed by atoms with van der Waals surface area (Å²) in [5.41, 5.74) is 8.41. The molecule has 66 heavy (non-hydrogen) atoms. The number of fused-ring (bicyclic) bond motifs is 11. The fourth-order valence-corrected chi connectivity index (χ4v) is 11.5. The van der Waals surface area contributed by atoms with Crippen molar-refractivity contribution in [2.45, 2.75) is 0 Å². The summed E-state index contributed by atoms with van der Waals surface area (Å²) in [6, 6.07) is 78.8. The normalized spacial score (nSPS) is 11.9. The number of nitrogens with zero attached hydrogens (tertiary/aromatic N) is 4. The van der Waals surface area contributed by atoms with E-state index in [2.05, 4.69) is 205 Å². The Hall–Kier alpha value is -8.51. The molecule has 306 valence electrons. The standard InChI is InChI=1S/C61H36N4S/c1-2-15-38(16-3-1)59-62-60(49-25-12-23-45-44-21-9-8-14-37(44)28-30-46(45)49)64-61(63-59)50-31-29-43(65-54-26-11-10-22-47(54)52-32-39-17-4-6-19-41(39)34-55(52)65)36-51(50)48-24-13-27-56-58(48)53-33-40-18-5-7-20-42(40)35-57(53)66-56/h1-36H. The van der Waals surface area contributed by atoms with Gasteiger partial charge in [0.1, 0.15) is 0 Å². The van der Waals surface area contributed by atoms with Gasteiger partial charge in [-0.05, 0) is 109 Å². The van der Waals surface area contributed by atoms with Gasteiger partial charge < -0.3 is 4.57 Å². The van der Waals surface area contributed by atoms with Crippen LogP contribution in [0.3, 0.4) is 0 Å². The second kappa shape index (κ2) is 14.5. The topological polar surface area (TPSA) is 43.6 Å². The maximum Gasteiger partial charge on any atom is 0.164 e. The van der Waals surface area contributed by atoms with E-state index in [-0.39, 0.29) is 0 Å². The van der Waals surface area contributed by atoms with Crippen molar-refractivity contribution in [1.29, 1.82) is 0 Å². The van der Waals surface area contributed by atoms with Gasteiger partial charge in [-0.1, -0.05) is 164 Å². The zero-order valence-corrected chi connectivity index (χ0v) is 36.3. The molecule has 0 aliphatic carbocycles. The highest BCUT2D eigenvalue weighted by atomic mass is 32.1. The number of aromatic nitrogens is 4. The number of rotatable bonds is 5.